The molecule has 0 spiro atoms. The van der Waals surface area contributed by atoms with Gasteiger partial charge in [0.15, 0.2) is 11.5 Å². The molecule has 2 aromatic rings. The van der Waals surface area contributed by atoms with Crippen LogP contribution in [-0.2, 0) is 16.0 Å². The van der Waals surface area contributed by atoms with E-state index in [-0.39, 0.29) is 12.6 Å². The van der Waals surface area contributed by atoms with E-state index in [2.05, 4.69) is 5.32 Å². The molecule has 0 aromatic heterocycles. The molecule has 9 heteroatoms. The second-order valence-electron chi connectivity index (χ2n) is 7.45. The predicted molar refractivity (Wildman–Crippen MR) is 123 cm³/mol. The maximum absolute atomic E-state index is 12.9. The van der Waals surface area contributed by atoms with Gasteiger partial charge in [0.2, 0.25) is 0 Å². The van der Waals surface area contributed by atoms with E-state index >= 15 is 0 Å². The van der Waals surface area contributed by atoms with Crippen LogP contribution in [0, 0.1) is 0 Å². The third-order valence-electron chi connectivity index (χ3n) is 5.52. The number of amides is 2. The van der Waals surface area contributed by atoms with Crippen molar-refractivity contribution in [3.63, 3.8) is 0 Å². The number of carbonyl (C=O) groups excluding carboxylic acids is 2. The molecule has 9 nitrogen and oxygen atoms in total. The number of ether oxygens (including phenoxy) is 5. The van der Waals surface area contributed by atoms with Crippen LogP contribution in [0.15, 0.2) is 36.4 Å². The molecular weight excluding hydrogens is 428 g/mol. The maximum Gasteiger partial charge on any atom is 0.328 e. The van der Waals surface area contributed by atoms with E-state index in [1.54, 1.807) is 39.5 Å². The number of nitrogens with one attached hydrogen (secondary N) is 1. The smallest absolute Gasteiger partial charge is 0.328 e. The fourth-order valence-electron chi connectivity index (χ4n) is 3.76. The van der Waals surface area contributed by atoms with E-state index in [9.17, 15) is 9.59 Å². The van der Waals surface area contributed by atoms with E-state index in [1.807, 2.05) is 18.2 Å². The quantitative estimate of drug-likeness (QED) is 0.575. The van der Waals surface area contributed by atoms with Gasteiger partial charge >= 0.3 is 12.0 Å². The second kappa shape index (κ2) is 11.3. The normalized spacial score (nSPS) is 15.0. The van der Waals surface area contributed by atoms with Crippen LogP contribution >= 0.6 is 0 Å². The zero-order chi connectivity index (χ0) is 23.8. The number of anilines is 1. The largest absolute Gasteiger partial charge is 0.497 e. The van der Waals surface area contributed by atoms with Crippen molar-refractivity contribution in [1.82, 2.24) is 4.90 Å². The summed E-state index contributed by atoms with van der Waals surface area (Å²) in [4.78, 5) is 27.1. The van der Waals surface area contributed by atoms with Crippen LogP contribution in [0.2, 0.25) is 0 Å². The minimum absolute atomic E-state index is 0.198. The number of hydrogen-bond donors (Lipinski definition) is 1. The van der Waals surface area contributed by atoms with Crippen LogP contribution in [0.25, 0.3) is 0 Å². The molecule has 178 valence electrons. The van der Waals surface area contributed by atoms with Gasteiger partial charge in [0.05, 0.1) is 40.7 Å². The fraction of sp³-hybridized carbons (Fsp3) is 0.417. The fourth-order valence-corrected chi connectivity index (χ4v) is 3.76. The van der Waals surface area contributed by atoms with Gasteiger partial charge in [-0.1, -0.05) is 6.07 Å². The second-order valence-corrected chi connectivity index (χ2v) is 7.45. The summed E-state index contributed by atoms with van der Waals surface area (Å²) in [5.41, 5.74) is 1.42. The monoisotopic (exact) mass is 458 g/mol. The SMILES string of the molecule is COc1ccc(OC)c(NC(=O)N2CCC[C@H]2C(=O)OCCc2ccc(OC)c(OC)c2)c1. The summed E-state index contributed by atoms with van der Waals surface area (Å²) in [6.07, 6.45) is 1.79. The van der Waals surface area contributed by atoms with Crippen LogP contribution in [0.1, 0.15) is 18.4 Å². The Balaban J connectivity index is 1.58. The van der Waals surface area contributed by atoms with Crippen molar-refractivity contribution in [2.75, 3.05) is 46.9 Å². The van der Waals surface area contributed by atoms with Crippen LogP contribution < -0.4 is 24.3 Å². The lowest BCUT2D eigenvalue weighted by atomic mass is 10.1. The average molecular weight is 459 g/mol. The molecule has 0 saturated carbocycles. The molecule has 2 amide bonds. The molecule has 2 aromatic carbocycles. The number of nitrogens with zero attached hydrogens (tertiary/aromatic N) is 1. The molecule has 33 heavy (non-hydrogen) atoms. The zero-order valence-corrected chi connectivity index (χ0v) is 19.4. The highest BCUT2D eigenvalue weighted by Crippen LogP contribution is 2.30. The van der Waals surface area contributed by atoms with E-state index in [0.717, 1.165) is 12.0 Å². The minimum Gasteiger partial charge on any atom is -0.497 e. The van der Waals surface area contributed by atoms with Crippen LogP contribution in [0.3, 0.4) is 0 Å². The first-order valence-corrected chi connectivity index (χ1v) is 10.7. The molecule has 1 N–H and O–H groups in total. The molecule has 0 bridgehead atoms. The first kappa shape index (κ1) is 24.0. The molecule has 1 heterocycles. The Morgan fingerprint density at radius 3 is 2.36 bits per heavy atom. The lowest BCUT2D eigenvalue weighted by molar-refractivity contribution is -0.147. The van der Waals surface area contributed by atoms with Crippen molar-refractivity contribution >= 4 is 17.7 Å². The Labute approximate surface area is 193 Å². The maximum atomic E-state index is 12.9. The average Bonchev–Trinajstić information content (AvgIpc) is 3.34. The van der Waals surface area contributed by atoms with Crippen molar-refractivity contribution in [1.29, 1.82) is 0 Å². The number of urea groups is 1. The standard InChI is InChI=1S/C24H30N2O7/c1-29-17-8-10-20(30-2)18(15-17)25-24(28)26-12-5-6-19(26)23(27)33-13-11-16-7-9-21(31-3)22(14-16)32-4/h7-10,14-15,19H,5-6,11-13H2,1-4H3,(H,25,28)/t19-/m0/s1. The van der Waals surface area contributed by atoms with Gasteiger partial charge in [0.1, 0.15) is 17.5 Å². The van der Waals surface area contributed by atoms with Gasteiger partial charge in [0, 0.05) is 19.0 Å². The Hall–Kier alpha value is -3.62. The Morgan fingerprint density at radius 1 is 0.939 bits per heavy atom. The summed E-state index contributed by atoms with van der Waals surface area (Å²) in [6.45, 7) is 0.664. The van der Waals surface area contributed by atoms with Gasteiger partial charge in [-0.25, -0.2) is 9.59 Å². The first-order valence-electron chi connectivity index (χ1n) is 10.7. The third-order valence-corrected chi connectivity index (χ3v) is 5.52. The molecule has 1 saturated heterocycles. The van der Waals surface area contributed by atoms with Gasteiger partial charge in [0.25, 0.3) is 0 Å². The highest BCUT2D eigenvalue weighted by Gasteiger charge is 2.35. The number of rotatable bonds is 9. The lowest BCUT2D eigenvalue weighted by Gasteiger charge is -2.24. The van der Waals surface area contributed by atoms with Gasteiger partial charge in [-0.15, -0.1) is 0 Å². The number of methoxy groups -OCH3 is 4. The summed E-state index contributed by atoms with van der Waals surface area (Å²) in [5, 5.41) is 2.82. The van der Waals surface area contributed by atoms with E-state index < -0.39 is 12.0 Å². The van der Waals surface area contributed by atoms with Crippen LogP contribution in [-0.4, -0.2) is 64.5 Å². The zero-order valence-electron chi connectivity index (χ0n) is 19.4. The molecule has 0 unspecified atom stereocenters. The van der Waals surface area contributed by atoms with Gasteiger partial charge in [-0.2, -0.15) is 0 Å². The summed E-state index contributed by atoms with van der Waals surface area (Å²) < 4.78 is 26.6. The van der Waals surface area contributed by atoms with Crippen LogP contribution in [0.4, 0.5) is 10.5 Å². The molecule has 3 rings (SSSR count). The number of carbonyl (C=O) groups is 2. The molecule has 0 radical (unpaired) electrons. The van der Waals surface area contributed by atoms with Crippen LogP contribution in [0.5, 0.6) is 23.0 Å². The van der Waals surface area contributed by atoms with Crippen molar-refractivity contribution in [2.24, 2.45) is 0 Å². The van der Waals surface area contributed by atoms with E-state index in [4.69, 9.17) is 23.7 Å². The molecule has 1 fully saturated rings. The van der Waals surface area contributed by atoms with Gasteiger partial charge < -0.3 is 33.9 Å². The molecular formula is C24H30N2O7. The summed E-state index contributed by atoms with van der Waals surface area (Å²) >= 11 is 0. The first-order chi connectivity index (χ1) is 16.0. The molecule has 0 aliphatic carbocycles. The summed E-state index contributed by atoms with van der Waals surface area (Å²) in [7, 11) is 6.21. The molecule has 1 aliphatic heterocycles. The highest BCUT2D eigenvalue weighted by atomic mass is 16.5. The van der Waals surface area contributed by atoms with E-state index in [0.29, 0.717) is 48.1 Å². The number of esters is 1. The van der Waals surface area contributed by atoms with Crippen molar-refractivity contribution in [2.45, 2.75) is 25.3 Å². The topological polar surface area (TPSA) is 95.6 Å². The number of hydrogen-bond acceptors (Lipinski definition) is 7. The third kappa shape index (κ3) is 5.79. The Kier molecular flexibility index (Phi) is 8.23. The minimum atomic E-state index is -0.632. The molecule has 1 atom stereocenters. The van der Waals surface area contributed by atoms with Gasteiger partial charge in [-0.05, 0) is 42.7 Å². The van der Waals surface area contributed by atoms with Crippen molar-refractivity contribution in [3.05, 3.63) is 42.0 Å². The van der Waals surface area contributed by atoms with Gasteiger partial charge in [-0.3, -0.25) is 0 Å². The Morgan fingerprint density at radius 2 is 1.67 bits per heavy atom. The summed E-state index contributed by atoms with van der Waals surface area (Å²) in [5.74, 6) is 1.92. The molecule has 1 aliphatic rings. The Bertz CT molecular complexity index is 979. The lowest BCUT2D eigenvalue weighted by Crippen LogP contribution is -2.43. The highest BCUT2D eigenvalue weighted by molar-refractivity contribution is 5.94. The number of likely N-dealkylation sites (tertiary alicyclic amines) is 1. The van der Waals surface area contributed by atoms with E-state index in [1.165, 1.54) is 12.0 Å². The predicted octanol–water partition coefficient (Wildman–Crippen LogP) is 3.50. The van der Waals surface area contributed by atoms with Crippen molar-refractivity contribution < 1.29 is 33.3 Å². The number of benzene rings is 2. The van der Waals surface area contributed by atoms with Crippen molar-refractivity contribution in [3.8, 4) is 23.0 Å². The summed E-state index contributed by atoms with van der Waals surface area (Å²) in [6, 6.07) is 9.65.